The number of hydrogen-bond acceptors (Lipinski definition) is 4. The third kappa shape index (κ3) is 5.34. The van der Waals surface area contributed by atoms with Crippen molar-refractivity contribution in [2.24, 2.45) is 4.99 Å². The summed E-state index contributed by atoms with van der Waals surface area (Å²) in [5.74, 6) is -0.0302. The number of carbonyl (C=O) groups excluding carboxylic acids is 1. The minimum Gasteiger partial charge on any atom is -0.494 e. The second-order valence-electron chi connectivity index (χ2n) is 8.89. The van der Waals surface area contributed by atoms with Crippen LogP contribution in [-0.2, 0) is 6.54 Å². The molecule has 0 radical (unpaired) electrons. The van der Waals surface area contributed by atoms with Crippen molar-refractivity contribution >= 4 is 28.2 Å². The molecule has 0 aliphatic carbocycles. The van der Waals surface area contributed by atoms with E-state index < -0.39 is 0 Å². The van der Waals surface area contributed by atoms with E-state index in [1.54, 1.807) is 24.1 Å². The number of nitrogens with zero attached hydrogens (tertiary/aromatic N) is 3. The molecule has 2 N–H and O–H groups in total. The van der Waals surface area contributed by atoms with Crippen LogP contribution in [0, 0.1) is 0 Å². The van der Waals surface area contributed by atoms with Crippen molar-refractivity contribution in [3.63, 3.8) is 0 Å². The third-order valence-corrected chi connectivity index (χ3v) is 6.58. The molecule has 0 fully saturated rings. The van der Waals surface area contributed by atoms with E-state index in [1.807, 2.05) is 55.5 Å². The van der Waals surface area contributed by atoms with Crippen LogP contribution in [-0.4, -0.2) is 58.2 Å². The van der Waals surface area contributed by atoms with Gasteiger partial charge in [0.2, 0.25) is 0 Å². The molecule has 0 saturated heterocycles. The number of aromatic nitrogens is 1. The van der Waals surface area contributed by atoms with Crippen molar-refractivity contribution in [2.45, 2.75) is 27.3 Å². The molecule has 0 aliphatic rings. The fraction of sp³-hybridized carbons (Fsp3) is 0.267. The van der Waals surface area contributed by atoms with Gasteiger partial charge in [-0.25, -0.2) is 4.99 Å². The molecule has 4 aromatic rings. The molecule has 0 aliphatic heterocycles. The monoisotopic (exact) mass is 482 g/mol. The van der Waals surface area contributed by atoms with Gasteiger partial charge in [-0.2, -0.15) is 0 Å². The summed E-state index contributed by atoms with van der Waals surface area (Å²) in [6, 6.07) is 23.6. The lowest BCUT2D eigenvalue weighted by atomic mass is 10.00. The third-order valence-electron chi connectivity index (χ3n) is 6.58. The van der Waals surface area contributed by atoms with Crippen molar-refractivity contribution in [3.8, 4) is 5.88 Å². The van der Waals surface area contributed by atoms with Gasteiger partial charge in [-0.1, -0.05) is 62.4 Å². The van der Waals surface area contributed by atoms with E-state index in [4.69, 9.17) is 4.99 Å². The van der Waals surface area contributed by atoms with E-state index in [0.29, 0.717) is 28.9 Å². The molecule has 0 atom stereocenters. The van der Waals surface area contributed by atoms with Gasteiger partial charge in [0.25, 0.3) is 5.91 Å². The van der Waals surface area contributed by atoms with Crippen molar-refractivity contribution in [1.29, 1.82) is 0 Å². The standard InChI is InChI=1S/C30H34N4O2/c1-5-33(4)30(36)23-16-17-25-26(19-23)32-29(35)27(25)28(22-13-9-8-10-14-22)31-24-15-11-12-21(18-24)20-34(6-2)7-3/h8-19,32,35H,5-7,20H2,1-4H3. The summed E-state index contributed by atoms with van der Waals surface area (Å²) in [4.78, 5) is 24.8. The van der Waals surface area contributed by atoms with E-state index in [1.165, 1.54) is 5.56 Å². The first-order valence-corrected chi connectivity index (χ1v) is 12.5. The summed E-state index contributed by atoms with van der Waals surface area (Å²) in [5.41, 5.74) is 5.46. The molecule has 1 amide bonds. The van der Waals surface area contributed by atoms with Crippen LogP contribution in [0.15, 0.2) is 77.8 Å². The molecule has 6 heteroatoms. The number of amides is 1. The van der Waals surface area contributed by atoms with Crippen LogP contribution in [0.2, 0.25) is 0 Å². The molecule has 1 heterocycles. The lowest BCUT2D eigenvalue weighted by Gasteiger charge is -2.18. The number of aromatic amines is 1. The normalized spacial score (nSPS) is 11.9. The van der Waals surface area contributed by atoms with Crippen molar-refractivity contribution in [3.05, 3.63) is 95.1 Å². The summed E-state index contributed by atoms with van der Waals surface area (Å²) >= 11 is 0. The Kier molecular flexibility index (Phi) is 7.86. The Morgan fingerprint density at radius 2 is 1.64 bits per heavy atom. The smallest absolute Gasteiger partial charge is 0.253 e. The largest absolute Gasteiger partial charge is 0.494 e. The number of benzene rings is 3. The van der Waals surface area contributed by atoms with Gasteiger partial charge in [0.15, 0.2) is 5.88 Å². The first-order chi connectivity index (χ1) is 17.4. The van der Waals surface area contributed by atoms with Crippen LogP contribution in [0.1, 0.15) is 47.8 Å². The maximum atomic E-state index is 12.7. The Morgan fingerprint density at radius 3 is 2.33 bits per heavy atom. The van der Waals surface area contributed by atoms with E-state index in [2.05, 4.69) is 35.9 Å². The highest BCUT2D eigenvalue weighted by Gasteiger charge is 2.20. The SMILES string of the molecule is CCN(CC)Cc1cccc(N=C(c2ccccc2)c2c(O)[nH]c3cc(C(=O)N(C)CC)ccc23)c1. The molecule has 36 heavy (non-hydrogen) atoms. The maximum Gasteiger partial charge on any atom is 0.253 e. The second-order valence-corrected chi connectivity index (χ2v) is 8.89. The fourth-order valence-electron chi connectivity index (χ4n) is 4.34. The van der Waals surface area contributed by atoms with Gasteiger partial charge in [-0.3, -0.25) is 9.69 Å². The molecular weight excluding hydrogens is 448 g/mol. The highest BCUT2D eigenvalue weighted by atomic mass is 16.3. The first-order valence-electron chi connectivity index (χ1n) is 12.5. The molecule has 0 unspecified atom stereocenters. The van der Waals surface area contributed by atoms with Crippen molar-refractivity contribution < 1.29 is 9.90 Å². The van der Waals surface area contributed by atoms with Gasteiger partial charge in [0.05, 0.1) is 17.0 Å². The van der Waals surface area contributed by atoms with Gasteiger partial charge in [0, 0.05) is 42.2 Å². The topological polar surface area (TPSA) is 71.9 Å². The molecule has 186 valence electrons. The molecule has 4 rings (SSSR count). The van der Waals surface area contributed by atoms with Crippen LogP contribution in [0.5, 0.6) is 5.88 Å². The Balaban J connectivity index is 1.83. The van der Waals surface area contributed by atoms with E-state index in [-0.39, 0.29) is 11.8 Å². The molecule has 0 spiro atoms. The summed E-state index contributed by atoms with van der Waals surface area (Å²) in [6.07, 6.45) is 0. The number of rotatable bonds is 9. The molecule has 6 nitrogen and oxygen atoms in total. The maximum absolute atomic E-state index is 12.7. The number of hydrogen-bond donors (Lipinski definition) is 2. The number of H-pyrrole nitrogens is 1. The lowest BCUT2D eigenvalue weighted by Crippen LogP contribution is -2.26. The average Bonchev–Trinajstić information content (AvgIpc) is 3.24. The minimum absolute atomic E-state index is 0.0281. The van der Waals surface area contributed by atoms with Gasteiger partial charge < -0.3 is 15.0 Å². The Hall–Kier alpha value is -3.90. The quantitative estimate of drug-likeness (QED) is 0.289. The molecular formula is C30H34N4O2. The molecule has 1 aromatic heterocycles. The Morgan fingerprint density at radius 1 is 0.889 bits per heavy atom. The van der Waals surface area contributed by atoms with Gasteiger partial charge in [0.1, 0.15) is 0 Å². The van der Waals surface area contributed by atoms with E-state index >= 15 is 0 Å². The number of carbonyl (C=O) groups is 1. The zero-order chi connectivity index (χ0) is 25.7. The van der Waals surface area contributed by atoms with Crippen LogP contribution in [0.3, 0.4) is 0 Å². The first kappa shape index (κ1) is 25.2. The lowest BCUT2D eigenvalue weighted by molar-refractivity contribution is 0.0802. The number of nitrogens with one attached hydrogen (secondary N) is 1. The minimum atomic E-state index is -0.0583. The number of fused-ring (bicyclic) bond motifs is 1. The molecule has 0 bridgehead atoms. The zero-order valence-corrected chi connectivity index (χ0v) is 21.5. The predicted molar refractivity (Wildman–Crippen MR) is 147 cm³/mol. The number of aliphatic imine (C=N–C) groups is 1. The summed E-state index contributed by atoms with van der Waals surface area (Å²) < 4.78 is 0. The van der Waals surface area contributed by atoms with Gasteiger partial charge in [-0.05, 0) is 49.8 Å². The fourth-order valence-corrected chi connectivity index (χ4v) is 4.34. The summed E-state index contributed by atoms with van der Waals surface area (Å²) in [5, 5.41) is 11.8. The summed E-state index contributed by atoms with van der Waals surface area (Å²) in [7, 11) is 1.78. The van der Waals surface area contributed by atoms with E-state index in [0.717, 1.165) is 36.3 Å². The van der Waals surface area contributed by atoms with Crippen LogP contribution in [0.25, 0.3) is 10.9 Å². The Bertz CT molecular complexity index is 1370. The van der Waals surface area contributed by atoms with Crippen LogP contribution < -0.4 is 0 Å². The summed E-state index contributed by atoms with van der Waals surface area (Å²) in [6.45, 7) is 9.72. The highest BCUT2D eigenvalue weighted by Crippen LogP contribution is 2.32. The van der Waals surface area contributed by atoms with Gasteiger partial charge >= 0.3 is 0 Å². The second kappa shape index (κ2) is 11.2. The zero-order valence-electron chi connectivity index (χ0n) is 21.5. The van der Waals surface area contributed by atoms with Gasteiger partial charge in [-0.15, -0.1) is 0 Å². The van der Waals surface area contributed by atoms with Crippen molar-refractivity contribution in [1.82, 2.24) is 14.8 Å². The number of aromatic hydroxyl groups is 1. The molecule has 3 aromatic carbocycles. The highest BCUT2D eigenvalue weighted by molar-refractivity contribution is 6.22. The van der Waals surface area contributed by atoms with E-state index in [9.17, 15) is 9.90 Å². The van der Waals surface area contributed by atoms with Crippen molar-refractivity contribution in [2.75, 3.05) is 26.7 Å². The van der Waals surface area contributed by atoms with Crippen LogP contribution >= 0.6 is 0 Å². The Labute approximate surface area is 212 Å². The molecule has 0 saturated carbocycles. The van der Waals surface area contributed by atoms with Crippen LogP contribution in [0.4, 0.5) is 5.69 Å². The average molecular weight is 483 g/mol. The predicted octanol–water partition coefficient (Wildman–Crippen LogP) is 5.98.